The predicted molar refractivity (Wildman–Crippen MR) is 25.5 cm³/mol. The summed E-state index contributed by atoms with van der Waals surface area (Å²) in [6.45, 7) is 0. The van der Waals surface area contributed by atoms with Crippen LogP contribution in [-0.4, -0.2) is 23.1 Å². The summed E-state index contributed by atoms with van der Waals surface area (Å²) in [5, 5.41) is 0. The molecule has 0 radical (unpaired) electrons. The Morgan fingerprint density at radius 2 is 0.571 bits per heavy atom. The minimum Gasteiger partial charge on any atom is -1.00 e. The Balaban J connectivity index is -0.00000000267. The fourth-order valence-electron chi connectivity index (χ4n) is 0. The number of terminal acetylenes is 2. The third-order valence-corrected chi connectivity index (χ3v) is 0. The molecule has 0 nitrogen and oxygen atoms in total. The van der Waals surface area contributed by atoms with E-state index < -0.39 is 0 Å². The molecule has 36 valence electrons. The van der Waals surface area contributed by atoms with Crippen molar-refractivity contribution >= 4 is 23.1 Å². The summed E-state index contributed by atoms with van der Waals surface area (Å²) in [7, 11) is 0. The second kappa shape index (κ2) is 327. The van der Waals surface area contributed by atoms with Crippen LogP contribution < -0.4 is 34.0 Å². The Kier molecular flexibility index (Phi) is 2120. The molecule has 0 spiro atoms. The summed E-state index contributed by atoms with van der Waals surface area (Å²) < 4.78 is 0. The summed E-state index contributed by atoms with van der Waals surface area (Å²) in [6, 6.07) is 0. The summed E-state index contributed by atoms with van der Waals surface area (Å²) >= 11 is 0. The molecule has 0 aromatic carbocycles. The van der Waals surface area contributed by atoms with Crippen LogP contribution in [0.3, 0.4) is 0 Å². The predicted octanol–water partition coefficient (Wildman–Crippen LogP) is -5.87. The molecule has 0 saturated heterocycles. The van der Waals surface area contributed by atoms with Gasteiger partial charge in [-0.15, -0.1) is 25.7 Å². The first-order valence-corrected chi connectivity index (χ1v) is 0.667. The van der Waals surface area contributed by atoms with E-state index in [2.05, 4.69) is 25.7 Å². The van der Waals surface area contributed by atoms with Crippen LogP contribution in [0.25, 0.3) is 0 Å². The van der Waals surface area contributed by atoms with Crippen LogP contribution in [0.15, 0.2) is 0 Å². The third-order valence-electron chi connectivity index (χ3n) is 0. The van der Waals surface area contributed by atoms with Gasteiger partial charge in [0, 0.05) is 0 Å². The molecule has 7 heavy (non-hydrogen) atoms. The average molecular weight is 236 g/mol. The van der Waals surface area contributed by atoms with Crippen LogP contribution in [0.4, 0.5) is 0 Å². The molecule has 0 aliphatic carbocycles. The van der Waals surface area contributed by atoms with Crippen molar-refractivity contribution in [2.45, 2.75) is 0 Å². The smallest absolute Gasteiger partial charge is 1.00 e. The van der Waals surface area contributed by atoms with Gasteiger partial charge in [-0.05, 0) is 0 Å². The van der Waals surface area contributed by atoms with E-state index in [1.807, 2.05) is 0 Å². The van der Waals surface area contributed by atoms with Crippen molar-refractivity contribution in [3.05, 3.63) is 0 Å². The van der Waals surface area contributed by atoms with Gasteiger partial charge in [-0.2, -0.15) is 0 Å². The van der Waals surface area contributed by atoms with Gasteiger partial charge in [0.05, 0.1) is 0 Å². The summed E-state index contributed by atoms with van der Waals surface area (Å²) in [5.74, 6) is 0. The van der Waals surface area contributed by atoms with Gasteiger partial charge in [0.1, 0.15) is 0 Å². The minimum absolute atomic E-state index is 0. The molecule has 3 heteroatoms. The number of halogens is 2. The number of rotatable bonds is 0. The van der Waals surface area contributed by atoms with E-state index in [0.717, 1.165) is 0 Å². The molecule has 0 N–H and O–H groups in total. The Morgan fingerprint density at radius 1 is 0.571 bits per heavy atom. The standard InChI is InChI=1S/2C2H2.2BrH.Mg/c2*1-2;;;/h2*1-2H;2*1H;/q;;;;+2/p-2. The van der Waals surface area contributed by atoms with Gasteiger partial charge in [0.15, 0.2) is 0 Å². The minimum atomic E-state index is 0. The van der Waals surface area contributed by atoms with E-state index in [-0.39, 0.29) is 57.0 Å². The van der Waals surface area contributed by atoms with E-state index in [4.69, 9.17) is 0 Å². The monoisotopic (exact) mass is 234 g/mol. The van der Waals surface area contributed by atoms with Crippen molar-refractivity contribution in [2.24, 2.45) is 0 Å². The summed E-state index contributed by atoms with van der Waals surface area (Å²) in [5.41, 5.74) is 0. The first-order valence-electron chi connectivity index (χ1n) is 0.667. The van der Waals surface area contributed by atoms with Crippen LogP contribution >= 0.6 is 0 Å². The second-order valence-corrected chi connectivity index (χ2v) is 0. The van der Waals surface area contributed by atoms with Gasteiger partial charge in [-0.25, -0.2) is 0 Å². The second-order valence-electron chi connectivity index (χ2n) is 0. The molecule has 0 bridgehead atoms. The SMILES string of the molecule is C#C.C#C.[Br-].[Br-].[Mg+2]. The van der Waals surface area contributed by atoms with Crippen molar-refractivity contribution in [3.8, 4) is 25.7 Å². The summed E-state index contributed by atoms with van der Waals surface area (Å²) in [6.07, 6.45) is 16.0. The van der Waals surface area contributed by atoms with Crippen LogP contribution in [0.2, 0.25) is 0 Å². The van der Waals surface area contributed by atoms with Crippen LogP contribution in [0.1, 0.15) is 0 Å². The molecule has 0 aliphatic heterocycles. The van der Waals surface area contributed by atoms with Gasteiger partial charge in [0.2, 0.25) is 0 Å². The Labute approximate surface area is 82.1 Å². The quantitative estimate of drug-likeness (QED) is 0.290. The van der Waals surface area contributed by atoms with Crippen molar-refractivity contribution in [1.29, 1.82) is 0 Å². The molecule has 0 fully saturated rings. The molecule has 0 unspecified atom stereocenters. The molecule has 0 aliphatic rings. The third kappa shape index (κ3) is 225. The number of hydrogen-bond donors (Lipinski definition) is 0. The fourth-order valence-corrected chi connectivity index (χ4v) is 0. The normalized spacial score (nSPS) is 0.571. The number of hydrogen-bond acceptors (Lipinski definition) is 0. The first-order chi connectivity index (χ1) is 2.00. The zero-order valence-electron chi connectivity index (χ0n) is 3.77. The van der Waals surface area contributed by atoms with Gasteiger partial charge in [-0.3, -0.25) is 0 Å². The van der Waals surface area contributed by atoms with Gasteiger partial charge < -0.3 is 34.0 Å². The molecule has 0 rings (SSSR count). The van der Waals surface area contributed by atoms with E-state index in [9.17, 15) is 0 Å². The maximum Gasteiger partial charge on any atom is 2.00 e. The fraction of sp³-hybridized carbons (Fsp3) is 0. The zero-order chi connectivity index (χ0) is 4.00. The van der Waals surface area contributed by atoms with Gasteiger partial charge in [-0.1, -0.05) is 0 Å². The maximum absolute atomic E-state index is 4.00. The molecule has 0 aromatic heterocycles. The van der Waals surface area contributed by atoms with Crippen molar-refractivity contribution < 1.29 is 34.0 Å². The zero-order valence-corrected chi connectivity index (χ0v) is 8.36. The Bertz CT molecular complexity index is 25.2. The van der Waals surface area contributed by atoms with Crippen LogP contribution in [0.5, 0.6) is 0 Å². The average Bonchev–Trinajstić information content (AvgIpc) is 1.50. The molecule has 0 aromatic rings. The topological polar surface area (TPSA) is 0 Å². The molecular formula is C4H4Br2Mg. The van der Waals surface area contributed by atoms with Crippen LogP contribution in [-0.2, 0) is 0 Å². The largest absolute Gasteiger partial charge is 2.00 e. The molecular weight excluding hydrogens is 232 g/mol. The first kappa shape index (κ1) is 45.4. The molecule has 0 amide bonds. The van der Waals surface area contributed by atoms with Crippen molar-refractivity contribution in [2.75, 3.05) is 0 Å². The van der Waals surface area contributed by atoms with Gasteiger partial charge in [0.25, 0.3) is 0 Å². The molecule has 0 heterocycles. The van der Waals surface area contributed by atoms with E-state index in [1.54, 1.807) is 0 Å². The Hall–Kier alpha value is 0.846. The van der Waals surface area contributed by atoms with Gasteiger partial charge >= 0.3 is 23.1 Å². The van der Waals surface area contributed by atoms with Crippen LogP contribution in [0, 0.1) is 25.7 Å². The van der Waals surface area contributed by atoms with E-state index >= 15 is 0 Å². The Morgan fingerprint density at radius 3 is 0.571 bits per heavy atom. The summed E-state index contributed by atoms with van der Waals surface area (Å²) in [4.78, 5) is 0. The van der Waals surface area contributed by atoms with Crippen molar-refractivity contribution in [1.82, 2.24) is 0 Å². The molecule has 0 saturated carbocycles. The maximum atomic E-state index is 4.00. The van der Waals surface area contributed by atoms with E-state index in [1.165, 1.54) is 0 Å². The molecule has 0 atom stereocenters. The van der Waals surface area contributed by atoms with E-state index in [0.29, 0.717) is 0 Å². The van der Waals surface area contributed by atoms with Crippen molar-refractivity contribution in [3.63, 3.8) is 0 Å².